The molecule has 0 aliphatic carbocycles. The van der Waals surface area contributed by atoms with Gasteiger partial charge in [0.05, 0.1) is 6.61 Å². The van der Waals surface area contributed by atoms with Gasteiger partial charge in [-0.3, -0.25) is 4.79 Å². The summed E-state index contributed by atoms with van der Waals surface area (Å²) in [6, 6.07) is 0. The molecule has 1 amide bonds. The summed E-state index contributed by atoms with van der Waals surface area (Å²) in [7, 11) is 1.42. The number of carbonyl (C=O) groups excluding carboxylic acids is 2. The second-order valence-electron chi connectivity index (χ2n) is 4.59. The van der Waals surface area contributed by atoms with E-state index in [2.05, 4.69) is 17.1 Å². The van der Waals surface area contributed by atoms with E-state index in [0.717, 1.165) is 32.0 Å². The van der Waals surface area contributed by atoms with Crippen LogP contribution in [0.25, 0.3) is 0 Å². The van der Waals surface area contributed by atoms with Crippen molar-refractivity contribution in [3.63, 3.8) is 0 Å². The lowest BCUT2D eigenvalue weighted by atomic mass is 9.99. The SMILES string of the molecule is CNC(=O)C(=O)OCCCN1CCC(C)CC1. The first-order chi connectivity index (χ1) is 8.13. The van der Waals surface area contributed by atoms with E-state index in [-0.39, 0.29) is 0 Å². The topological polar surface area (TPSA) is 58.6 Å². The number of likely N-dealkylation sites (N-methyl/N-ethyl adjacent to an activating group) is 1. The number of hydrogen-bond donors (Lipinski definition) is 1. The van der Waals surface area contributed by atoms with Gasteiger partial charge in [-0.05, 0) is 38.3 Å². The molecular weight excluding hydrogens is 220 g/mol. The van der Waals surface area contributed by atoms with Crippen molar-refractivity contribution >= 4 is 11.9 Å². The van der Waals surface area contributed by atoms with E-state index in [9.17, 15) is 9.59 Å². The van der Waals surface area contributed by atoms with Crippen molar-refractivity contribution in [3.05, 3.63) is 0 Å². The van der Waals surface area contributed by atoms with Crippen LogP contribution >= 0.6 is 0 Å². The zero-order chi connectivity index (χ0) is 12.7. The van der Waals surface area contributed by atoms with Gasteiger partial charge in [-0.25, -0.2) is 4.79 Å². The molecule has 1 saturated heterocycles. The van der Waals surface area contributed by atoms with Gasteiger partial charge in [-0.2, -0.15) is 0 Å². The van der Waals surface area contributed by atoms with E-state index in [1.165, 1.54) is 19.9 Å². The lowest BCUT2D eigenvalue weighted by molar-refractivity contribution is -0.154. The number of esters is 1. The van der Waals surface area contributed by atoms with Crippen LogP contribution in [0.4, 0.5) is 0 Å². The van der Waals surface area contributed by atoms with Gasteiger partial charge in [0.15, 0.2) is 0 Å². The van der Waals surface area contributed by atoms with Crippen LogP contribution in [0.3, 0.4) is 0 Å². The molecule has 1 rings (SSSR count). The van der Waals surface area contributed by atoms with E-state index in [1.807, 2.05) is 0 Å². The lowest BCUT2D eigenvalue weighted by Gasteiger charge is -2.29. The van der Waals surface area contributed by atoms with Crippen LogP contribution in [0.2, 0.25) is 0 Å². The third-order valence-electron chi connectivity index (χ3n) is 3.14. The standard InChI is InChI=1S/C12H22N2O3/c1-10-4-7-14(8-5-10)6-3-9-17-12(16)11(15)13-2/h10H,3-9H2,1-2H3,(H,13,15). The summed E-state index contributed by atoms with van der Waals surface area (Å²) < 4.78 is 4.83. The molecule has 0 spiro atoms. The Kier molecular flexibility index (Phi) is 5.97. The number of ether oxygens (including phenoxy) is 1. The zero-order valence-electron chi connectivity index (χ0n) is 10.7. The smallest absolute Gasteiger partial charge is 0.396 e. The van der Waals surface area contributed by atoms with Crippen molar-refractivity contribution < 1.29 is 14.3 Å². The van der Waals surface area contributed by atoms with E-state index >= 15 is 0 Å². The highest BCUT2D eigenvalue weighted by Gasteiger charge is 2.16. The van der Waals surface area contributed by atoms with Crippen LogP contribution in [0, 0.1) is 5.92 Å². The Morgan fingerprint density at radius 1 is 1.35 bits per heavy atom. The predicted molar refractivity (Wildman–Crippen MR) is 64.5 cm³/mol. The lowest BCUT2D eigenvalue weighted by Crippen LogP contribution is -2.34. The highest BCUT2D eigenvalue weighted by atomic mass is 16.5. The molecule has 1 fully saturated rings. The number of nitrogens with zero attached hydrogens (tertiary/aromatic N) is 1. The monoisotopic (exact) mass is 242 g/mol. The van der Waals surface area contributed by atoms with Crippen LogP contribution in [0.1, 0.15) is 26.2 Å². The van der Waals surface area contributed by atoms with Gasteiger partial charge in [0.25, 0.3) is 0 Å². The number of carbonyl (C=O) groups is 2. The molecule has 0 atom stereocenters. The summed E-state index contributed by atoms with van der Waals surface area (Å²) in [6.45, 7) is 5.80. The Labute approximate surface area is 102 Å². The number of rotatable bonds is 4. The van der Waals surface area contributed by atoms with Gasteiger partial charge in [0.2, 0.25) is 0 Å². The molecular formula is C12H22N2O3. The first kappa shape index (κ1) is 14.0. The quantitative estimate of drug-likeness (QED) is 0.440. The number of likely N-dealkylation sites (tertiary alicyclic amines) is 1. The summed E-state index contributed by atoms with van der Waals surface area (Å²) in [4.78, 5) is 24.3. The first-order valence-corrected chi connectivity index (χ1v) is 6.24. The Hall–Kier alpha value is -1.10. The molecule has 17 heavy (non-hydrogen) atoms. The summed E-state index contributed by atoms with van der Waals surface area (Å²) >= 11 is 0. The number of nitrogens with one attached hydrogen (secondary N) is 1. The van der Waals surface area contributed by atoms with Gasteiger partial charge in [0, 0.05) is 13.6 Å². The number of hydrogen-bond acceptors (Lipinski definition) is 4. The van der Waals surface area contributed by atoms with Crippen LogP contribution in [-0.4, -0.2) is 50.1 Å². The molecule has 1 aliphatic heterocycles. The fraction of sp³-hybridized carbons (Fsp3) is 0.833. The molecule has 98 valence electrons. The average Bonchev–Trinajstić information content (AvgIpc) is 2.35. The van der Waals surface area contributed by atoms with Crippen molar-refractivity contribution in [2.45, 2.75) is 26.2 Å². The van der Waals surface area contributed by atoms with Gasteiger partial charge in [-0.1, -0.05) is 6.92 Å². The second kappa shape index (κ2) is 7.27. The Morgan fingerprint density at radius 2 is 2.00 bits per heavy atom. The number of piperidine rings is 1. The highest BCUT2D eigenvalue weighted by molar-refractivity contribution is 6.32. The maximum Gasteiger partial charge on any atom is 0.396 e. The highest BCUT2D eigenvalue weighted by Crippen LogP contribution is 2.15. The minimum Gasteiger partial charge on any atom is -0.459 e. The molecule has 1 aliphatic rings. The number of amides is 1. The Balaban J connectivity index is 2.04. The fourth-order valence-corrected chi connectivity index (χ4v) is 1.91. The molecule has 0 unspecified atom stereocenters. The van der Waals surface area contributed by atoms with E-state index < -0.39 is 11.9 Å². The van der Waals surface area contributed by atoms with Crippen LogP contribution in [0.5, 0.6) is 0 Å². The molecule has 0 aromatic heterocycles. The van der Waals surface area contributed by atoms with E-state index in [1.54, 1.807) is 0 Å². The summed E-state index contributed by atoms with van der Waals surface area (Å²) in [5.41, 5.74) is 0. The minimum atomic E-state index is -0.792. The summed E-state index contributed by atoms with van der Waals surface area (Å²) in [5, 5.41) is 2.24. The zero-order valence-corrected chi connectivity index (χ0v) is 10.7. The Bertz CT molecular complexity index is 260. The molecule has 5 heteroatoms. The van der Waals surface area contributed by atoms with Crippen LogP contribution in [-0.2, 0) is 14.3 Å². The van der Waals surface area contributed by atoms with E-state index in [4.69, 9.17) is 4.74 Å². The first-order valence-electron chi connectivity index (χ1n) is 6.24. The third kappa shape index (κ3) is 5.17. The summed E-state index contributed by atoms with van der Waals surface area (Å²) in [5.74, 6) is -0.645. The third-order valence-corrected chi connectivity index (χ3v) is 3.14. The van der Waals surface area contributed by atoms with Crippen molar-refractivity contribution in [3.8, 4) is 0 Å². The maximum atomic E-state index is 11.0. The molecule has 0 saturated carbocycles. The van der Waals surface area contributed by atoms with Gasteiger partial charge in [0.1, 0.15) is 0 Å². The van der Waals surface area contributed by atoms with Crippen molar-refractivity contribution in [1.29, 1.82) is 0 Å². The molecule has 1 N–H and O–H groups in total. The molecule has 0 aromatic rings. The van der Waals surface area contributed by atoms with E-state index in [0.29, 0.717) is 6.61 Å². The Morgan fingerprint density at radius 3 is 2.59 bits per heavy atom. The normalized spacial score (nSPS) is 17.8. The van der Waals surface area contributed by atoms with Crippen LogP contribution < -0.4 is 5.32 Å². The van der Waals surface area contributed by atoms with Crippen LogP contribution in [0.15, 0.2) is 0 Å². The fourth-order valence-electron chi connectivity index (χ4n) is 1.91. The van der Waals surface area contributed by atoms with Gasteiger partial charge in [-0.15, -0.1) is 0 Å². The van der Waals surface area contributed by atoms with Gasteiger partial charge < -0.3 is 15.0 Å². The second-order valence-corrected chi connectivity index (χ2v) is 4.59. The van der Waals surface area contributed by atoms with Crippen molar-refractivity contribution in [2.24, 2.45) is 5.92 Å². The van der Waals surface area contributed by atoms with Gasteiger partial charge >= 0.3 is 11.9 Å². The molecule has 5 nitrogen and oxygen atoms in total. The average molecular weight is 242 g/mol. The van der Waals surface area contributed by atoms with Crippen molar-refractivity contribution in [1.82, 2.24) is 10.2 Å². The molecule has 0 aromatic carbocycles. The summed E-state index contributed by atoms with van der Waals surface area (Å²) in [6.07, 6.45) is 3.28. The molecule has 0 bridgehead atoms. The maximum absolute atomic E-state index is 11.0. The largest absolute Gasteiger partial charge is 0.459 e. The van der Waals surface area contributed by atoms with Crippen molar-refractivity contribution in [2.75, 3.05) is 33.3 Å². The predicted octanol–water partition coefficient (Wildman–Crippen LogP) is 0.398. The minimum absolute atomic E-state index is 0.318. The molecule has 0 radical (unpaired) electrons. The molecule has 1 heterocycles.